The minimum Gasteiger partial charge on any atom is -0.378 e. The highest BCUT2D eigenvalue weighted by atomic mass is 19.1. The summed E-state index contributed by atoms with van der Waals surface area (Å²) in [5.74, 6) is -1.19. The first kappa shape index (κ1) is 25.8. The number of halogens is 1. The van der Waals surface area contributed by atoms with Crippen molar-refractivity contribution in [2.45, 2.75) is 38.9 Å². The van der Waals surface area contributed by atoms with Gasteiger partial charge in [-0.2, -0.15) is 0 Å². The largest absolute Gasteiger partial charge is 0.378 e. The molecule has 0 radical (unpaired) electrons. The van der Waals surface area contributed by atoms with E-state index < -0.39 is 23.3 Å². The van der Waals surface area contributed by atoms with Crippen LogP contribution < -0.4 is 15.1 Å². The molecule has 1 heterocycles. The Hall–Kier alpha value is -4.27. The van der Waals surface area contributed by atoms with Crippen molar-refractivity contribution < 1.29 is 14.0 Å². The van der Waals surface area contributed by atoms with Gasteiger partial charge in [0.05, 0.1) is 5.52 Å². The fourth-order valence-corrected chi connectivity index (χ4v) is 4.09. The molecule has 9 heteroatoms. The summed E-state index contributed by atoms with van der Waals surface area (Å²) in [7, 11) is 3.85. The lowest BCUT2D eigenvalue weighted by Gasteiger charge is -2.34. The zero-order chi connectivity index (χ0) is 26.7. The van der Waals surface area contributed by atoms with Gasteiger partial charge in [-0.25, -0.2) is 9.07 Å². The monoisotopic (exact) mass is 502 g/mol. The first-order chi connectivity index (χ1) is 17.5. The van der Waals surface area contributed by atoms with E-state index in [4.69, 9.17) is 0 Å². The maximum atomic E-state index is 14.0. The Morgan fingerprint density at radius 2 is 1.57 bits per heavy atom. The number of rotatable bonds is 7. The van der Waals surface area contributed by atoms with Gasteiger partial charge in [-0.05, 0) is 74.9 Å². The molecular formula is C28H31FN6O2. The van der Waals surface area contributed by atoms with Crippen molar-refractivity contribution in [2.24, 2.45) is 0 Å². The molecule has 0 aliphatic carbocycles. The average Bonchev–Trinajstić information content (AvgIpc) is 3.25. The van der Waals surface area contributed by atoms with Gasteiger partial charge in [-0.1, -0.05) is 29.5 Å². The number of nitrogens with one attached hydrogen (secondary N) is 1. The first-order valence-electron chi connectivity index (χ1n) is 12.0. The van der Waals surface area contributed by atoms with Gasteiger partial charge in [-0.15, -0.1) is 5.10 Å². The van der Waals surface area contributed by atoms with Crippen LogP contribution in [-0.2, 0) is 16.1 Å². The number of aromatic nitrogens is 3. The van der Waals surface area contributed by atoms with Gasteiger partial charge in [-0.3, -0.25) is 14.5 Å². The van der Waals surface area contributed by atoms with E-state index in [1.807, 2.05) is 88.3 Å². The van der Waals surface area contributed by atoms with Crippen molar-refractivity contribution >= 4 is 34.2 Å². The molecule has 0 unspecified atom stereocenters. The van der Waals surface area contributed by atoms with Crippen LogP contribution in [0.3, 0.4) is 0 Å². The van der Waals surface area contributed by atoms with Gasteiger partial charge in [0.15, 0.2) is 0 Å². The molecule has 0 saturated carbocycles. The molecule has 192 valence electrons. The normalized spacial score (nSPS) is 12.3. The van der Waals surface area contributed by atoms with Gasteiger partial charge >= 0.3 is 0 Å². The SMILES string of the molecule is CN(C)c1ccc([C@@H](C(=O)NC(C)(C)C)N(C(=O)Cn2nnc3ccccc32)c2ccc(F)cc2)cc1. The van der Waals surface area contributed by atoms with Crippen LogP contribution >= 0.6 is 0 Å². The van der Waals surface area contributed by atoms with Crippen molar-refractivity contribution in [1.29, 1.82) is 0 Å². The Bertz CT molecular complexity index is 1390. The first-order valence-corrected chi connectivity index (χ1v) is 12.0. The van der Waals surface area contributed by atoms with Gasteiger partial charge in [0.2, 0.25) is 11.8 Å². The Kier molecular flexibility index (Phi) is 7.24. The summed E-state index contributed by atoms with van der Waals surface area (Å²) in [5, 5.41) is 11.3. The van der Waals surface area contributed by atoms with E-state index in [-0.39, 0.29) is 12.5 Å². The Balaban J connectivity index is 1.81. The summed E-state index contributed by atoms with van der Waals surface area (Å²) in [4.78, 5) is 31.1. The molecule has 4 rings (SSSR count). The third-order valence-corrected chi connectivity index (χ3v) is 5.81. The Labute approximate surface area is 215 Å². The zero-order valence-corrected chi connectivity index (χ0v) is 21.6. The summed E-state index contributed by atoms with van der Waals surface area (Å²) in [6, 6.07) is 19.3. The molecular weight excluding hydrogens is 471 g/mol. The zero-order valence-electron chi connectivity index (χ0n) is 21.6. The molecule has 2 amide bonds. The van der Waals surface area contributed by atoms with E-state index >= 15 is 0 Å². The van der Waals surface area contributed by atoms with Crippen LogP contribution in [0, 0.1) is 5.82 Å². The van der Waals surface area contributed by atoms with Gasteiger partial charge in [0.1, 0.15) is 23.9 Å². The lowest BCUT2D eigenvalue weighted by atomic mass is 10.00. The summed E-state index contributed by atoms with van der Waals surface area (Å²) < 4.78 is 15.3. The molecule has 0 aliphatic rings. The van der Waals surface area contributed by atoms with Crippen LogP contribution in [0.1, 0.15) is 32.4 Å². The fraction of sp³-hybridized carbons (Fsp3) is 0.286. The van der Waals surface area contributed by atoms with Gasteiger partial charge < -0.3 is 10.2 Å². The summed E-state index contributed by atoms with van der Waals surface area (Å²) in [5.41, 5.74) is 2.77. The van der Waals surface area contributed by atoms with Crippen LogP contribution in [0.25, 0.3) is 11.0 Å². The second-order valence-corrected chi connectivity index (χ2v) is 10.1. The van der Waals surface area contributed by atoms with Gasteiger partial charge in [0, 0.05) is 31.0 Å². The van der Waals surface area contributed by atoms with Crippen molar-refractivity contribution in [3.05, 3.63) is 84.2 Å². The molecule has 0 spiro atoms. The van der Waals surface area contributed by atoms with Crippen LogP contribution in [0.5, 0.6) is 0 Å². The number of nitrogens with zero attached hydrogens (tertiary/aromatic N) is 5. The standard InChI is InChI=1S/C28H31FN6O2/c1-28(2,3)30-27(37)26(19-10-14-21(15-11-19)33(4)5)35(22-16-12-20(29)13-17-22)25(36)18-34-24-9-7-6-8-23(24)31-32-34/h6-17,26H,18H2,1-5H3,(H,30,37)/t26-/m0/s1. The fourth-order valence-electron chi connectivity index (χ4n) is 4.09. The van der Waals surface area contributed by atoms with Crippen LogP contribution in [0.15, 0.2) is 72.8 Å². The predicted molar refractivity (Wildman–Crippen MR) is 143 cm³/mol. The Morgan fingerprint density at radius 3 is 2.19 bits per heavy atom. The van der Waals surface area contributed by atoms with Crippen LogP contribution in [-0.4, -0.2) is 46.4 Å². The molecule has 0 bridgehead atoms. The molecule has 0 fully saturated rings. The molecule has 37 heavy (non-hydrogen) atoms. The number of carbonyl (C=O) groups is 2. The van der Waals surface area contributed by atoms with Crippen molar-refractivity contribution in [3.8, 4) is 0 Å². The molecule has 4 aromatic rings. The van der Waals surface area contributed by atoms with E-state index in [0.717, 1.165) is 5.69 Å². The predicted octanol–water partition coefficient (Wildman–Crippen LogP) is 4.33. The lowest BCUT2D eigenvalue weighted by molar-refractivity contribution is -0.128. The number of hydrogen-bond acceptors (Lipinski definition) is 5. The third kappa shape index (κ3) is 5.94. The molecule has 3 aromatic carbocycles. The van der Waals surface area contributed by atoms with Crippen molar-refractivity contribution in [3.63, 3.8) is 0 Å². The van der Waals surface area contributed by atoms with E-state index in [1.165, 1.54) is 33.8 Å². The summed E-state index contributed by atoms with van der Waals surface area (Å²) in [6.45, 7) is 5.47. The lowest BCUT2D eigenvalue weighted by Crippen LogP contribution is -2.50. The van der Waals surface area contributed by atoms with E-state index in [1.54, 1.807) is 0 Å². The van der Waals surface area contributed by atoms with Crippen molar-refractivity contribution in [1.82, 2.24) is 20.3 Å². The number of anilines is 2. The molecule has 0 saturated heterocycles. The maximum Gasteiger partial charge on any atom is 0.249 e. The van der Waals surface area contributed by atoms with E-state index in [2.05, 4.69) is 15.6 Å². The maximum absolute atomic E-state index is 14.0. The van der Waals surface area contributed by atoms with Gasteiger partial charge in [0.25, 0.3) is 0 Å². The molecule has 0 aliphatic heterocycles. The molecule has 1 aromatic heterocycles. The number of para-hydroxylation sites is 1. The number of hydrogen-bond donors (Lipinski definition) is 1. The van der Waals surface area contributed by atoms with Crippen LogP contribution in [0.4, 0.5) is 15.8 Å². The third-order valence-electron chi connectivity index (χ3n) is 5.81. The second kappa shape index (κ2) is 10.4. The quantitative estimate of drug-likeness (QED) is 0.407. The highest BCUT2D eigenvalue weighted by molar-refractivity contribution is 6.01. The average molecular weight is 503 g/mol. The number of amides is 2. The van der Waals surface area contributed by atoms with E-state index in [9.17, 15) is 14.0 Å². The number of benzene rings is 3. The molecule has 1 atom stereocenters. The number of fused-ring (bicyclic) bond motifs is 1. The minimum atomic E-state index is -1.01. The second-order valence-electron chi connectivity index (χ2n) is 10.1. The topological polar surface area (TPSA) is 83.4 Å². The molecule has 1 N–H and O–H groups in total. The minimum absolute atomic E-state index is 0.160. The number of carbonyl (C=O) groups excluding carboxylic acids is 2. The molecule has 8 nitrogen and oxygen atoms in total. The smallest absolute Gasteiger partial charge is 0.249 e. The van der Waals surface area contributed by atoms with Crippen LogP contribution in [0.2, 0.25) is 0 Å². The van der Waals surface area contributed by atoms with E-state index in [0.29, 0.717) is 22.3 Å². The summed E-state index contributed by atoms with van der Waals surface area (Å²) >= 11 is 0. The Morgan fingerprint density at radius 1 is 0.946 bits per heavy atom. The highest BCUT2D eigenvalue weighted by Crippen LogP contribution is 2.30. The van der Waals surface area contributed by atoms with Crippen molar-refractivity contribution in [2.75, 3.05) is 23.9 Å². The summed E-state index contributed by atoms with van der Waals surface area (Å²) in [6.07, 6.45) is 0. The highest BCUT2D eigenvalue weighted by Gasteiger charge is 2.35.